The molecule has 2 N–H and O–H groups in total. The molecule has 0 bridgehead atoms. The van der Waals surface area contributed by atoms with Crippen molar-refractivity contribution in [1.82, 2.24) is 15.6 Å². The van der Waals surface area contributed by atoms with Crippen LogP contribution in [0.2, 0.25) is 0 Å². The van der Waals surface area contributed by atoms with Crippen molar-refractivity contribution in [3.05, 3.63) is 101 Å². The molecular weight excluding hydrogens is 357 g/mol. The zero-order valence-electron chi connectivity index (χ0n) is 15.2. The van der Waals surface area contributed by atoms with Crippen LogP contribution in [0.25, 0.3) is 0 Å². The van der Waals surface area contributed by atoms with E-state index in [9.17, 15) is 14.0 Å². The molecule has 5 nitrogen and oxygen atoms in total. The maximum atomic E-state index is 13.6. The summed E-state index contributed by atoms with van der Waals surface area (Å²) in [5.74, 6) is -0.785. The van der Waals surface area contributed by atoms with Gasteiger partial charge in [0.25, 0.3) is 11.8 Å². The van der Waals surface area contributed by atoms with E-state index < -0.39 is 0 Å². The van der Waals surface area contributed by atoms with E-state index in [0.717, 1.165) is 5.69 Å². The summed E-state index contributed by atoms with van der Waals surface area (Å²) in [6.07, 6.45) is 2.08. The standard InChI is InChI=1S/C22H20FN3O2/c23-20-7-2-1-5-16(20)12-14-25-21(27)17-8-10-18(11-9-17)22(28)26-15-19-6-3-4-13-24-19/h1-11,13H,12,14-15H2,(H,25,27)(H,26,28). The molecule has 0 unspecified atom stereocenters. The quantitative estimate of drug-likeness (QED) is 0.665. The van der Waals surface area contributed by atoms with Crippen LogP contribution in [0.5, 0.6) is 0 Å². The molecule has 0 spiro atoms. The number of nitrogens with zero attached hydrogens (tertiary/aromatic N) is 1. The van der Waals surface area contributed by atoms with Crippen molar-refractivity contribution in [2.75, 3.05) is 6.54 Å². The molecule has 3 rings (SSSR count). The monoisotopic (exact) mass is 377 g/mol. The van der Waals surface area contributed by atoms with Crippen LogP contribution in [0.4, 0.5) is 4.39 Å². The third kappa shape index (κ3) is 5.23. The van der Waals surface area contributed by atoms with Gasteiger partial charge in [-0.05, 0) is 54.4 Å². The molecule has 0 saturated heterocycles. The Bertz CT molecular complexity index is 944. The van der Waals surface area contributed by atoms with Gasteiger partial charge in [0.15, 0.2) is 0 Å². The number of pyridine rings is 1. The van der Waals surface area contributed by atoms with Crippen molar-refractivity contribution in [1.29, 1.82) is 0 Å². The van der Waals surface area contributed by atoms with Crippen LogP contribution >= 0.6 is 0 Å². The van der Waals surface area contributed by atoms with Gasteiger partial charge in [-0.2, -0.15) is 0 Å². The van der Waals surface area contributed by atoms with Crippen molar-refractivity contribution in [2.45, 2.75) is 13.0 Å². The van der Waals surface area contributed by atoms with Gasteiger partial charge in [-0.3, -0.25) is 14.6 Å². The zero-order chi connectivity index (χ0) is 19.8. The van der Waals surface area contributed by atoms with Gasteiger partial charge in [0.2, 0.25) is 0 Å². The van der Waals surface area contributed by atoms with E-state index in [4.69, 9.17) is 0 Å². The highest BCUT2D eigenvalue weighted by Crippen LogP contribution is 2.08. The molecule has 1 aromatic heterocycles. The van der Waals surface area contributed by atoms with Crippen LogP contribution in [-0.2, 0) is 13.0 Å². The van der Waals surface area contributed by atoms with Crippen LogP contribution in [0.3, 0.4) is 0 Å². The third-order valence-electron chi connectivity index (χ3n) is 4.20. The Morgan fingerprint density at radius 3 is 2.11 bits per heavy atom. The summed E-state index contributed by atoms with van der Waals surface area (Å²) >= 11 is 0. The van der Waals surface area contributed by atoms with Crippen LogP contribution < -0.4 is 10.6 Å². The lowest BCUT2D eigenvalue weighted by Gasteiger charge is -2.08. The van der Waals surface area contributed by atoms with Crippen molar-refractivity contribution in [2.24, 2.45) is 0 Å². The number of hydrogen-bond acceptors (Lipinski definition) is 3. The lowest BCUT2D eigenvalue weighted by Crippen LogP contribution is -2.26. The summed E-state index contributed by atoms with van der Waals surface area (Å²) in [7, 11) is 0. The summed E-state index contributed by atoms with van der Waals surface area (Å²) in [5, 5.41) is 5.54. The molecule has 6 heteroatoms. The number of carbonyl (C=O) groups is 2. The Morgan fingerprint density at radius 1 is 0.821 bits per heavy atom. The molecule has 0 saturated carbocycles. The minimum absolute atomic E-state index is 0.239. The zero-order valence-corrected chi connectivity index (χ0v) is 15.2. The minimum Gasteiger partial charge on any atom is -0.352 e. The van der Waals surface area contributed by atoms with Crippen LogP contribution in [-0.4, -0.2) is 23.3 Å². The van der Waals surface area contributed by atoms with Crippen molar-refractivity contribution >= 4 is 11.8 Å². The lowest BCUT2D eigenvalue weighted by atomic mass is 10.1. The summed E-state index contributed by atoms with van der Waals surface area (Å²) in [4.78, 5) is 28.5. The Morgan fingerprint density at radius 2 is 1.46 bits per heavy atom. The van der Waals surface area contributed by atoms with E-state index in [1.807, 2.05) is 18.2 Å². The fraction of sp³-hybridized carbons (Fsp3) is 0.136. The van der Waals surface area contributed by atoms with Gasteiger partial charge in [-0.15, -0.1) is 0 Å². The minimum atomic E-state index is -0.280. The number of carbonyl (C=O) groups excluding carboxylic acids is 2. The van der Waals surface area contributed by atoms with E-state index in [1.54, 1.807) is 48.7 Å². The highest BCUT2D eigenvalue weighted by Gasteiger charge is 2.09. The van der Waals surface area contributed by atoms with Crippen molar-refractivity contribution < 1.29 is 14.0 Å². The number of hydrogen-bond donors (Lipinski definition) is 2. The van der Waals surface area contributed by atoms with E-state index in [2.05, 4.69) is 15.6 Å². The second-order valence-corrected chi connectivity index (χ2v) is 6.18. The number of benzene rings is 2. The Hall–Kier alpha value is -3.54. The van der Waals surface area contributed by atoms with Crippen molar-refractivity contribution in [3.63, 3.8) is 0 Å². The first-order chi connectivity index (χ1) is 13.6. The van der Waals surface area contributed by atoms with E-state index in [1.165, 1.54) is 6.07 Å². The molecular formula is C22H20FN3O2. The molecule has 1 heterocycles. The second kappa shape index (κ2) is 9.41. The summed E-state index contributed by atoms with van der Waals surface area (Å²) in [6, 6.07) is 18.4. The average Bonchev–Trinajstić information content (AvgIpc) is 2.74. The number of aromatic nitrogens is 1. The predicted octanol–water partition coefficient (Wildman–Crippen LogP) is 3.12. The van der Waals surface area contributed by atoms with E-state index in [0.29, 0.717) is 36.2 Å². The van der Waals surface area contributed by atoms with E-state index >= 15 is 0 Å². The molecule has 2 amide bonds. The first kappa shape index (κ1) is 19.2. The molecule has 28 heavy (non-hydrogen) atoms. The number of rotatable bonds is 7. The van der Waals surface area contributed by atoms with Gasteiger partial charge >= 0.3 is 0 Å². The first-order valence-corrected chi connectivity index (χ1v) is 8.93. The summed E-state index contributed by atoms with van der Waals surface area (Å²) in [6.45, 7) is 0.657. The topological polar surface area (TPSA) is 71.1 Å². The smallest absolute Gasteiger partial charge is 0.251 e. The molecule has 0 fully saturated rings. The summed E-state index contributed by atoms with van der Waals surface area (Å²) in [5.41, 5.74) is 2.22. The number of halogens is 1. The highest BCUT2D eigenvalue weighted by atomic mass is 19.1. The lowest BCUT2D eigenvalue weighted by molar-refractivity contribution is 0.0940. The second-order valence-electron chi connectivity index (χ2n) is 6.18. The Labute approximate surface area is 162 Å². The fourth-order valence-electron chi connectivity index (χ4n) is 2.66. The van der Waals surface area contributed by atoms with Gasteiger partial charge in [0.1, 0.15) is 5.82 Å². The van der Waals surface area contributed by atoms with Crippen LogP contribution in [0.15, 0.2) is 72.9 Å². The maximum Gasteiger partial charge on any atom is 0.251 e. The van der Waals surface area contributed by atoms with Gasteiger partial charge in [-0.1, -0.05) is 24.3 Å². The molecule has 3 aromatic rings. The van der Waals surface area contributed by atoms with Gasteiger partial charge < -0.3 is 10.6 Å². The first-order valence-electron chi connectivity index (χ1n) is 8.93. The third-order valence-corrected chi connectivity index (χ3v) is 4.20. The molecule has 142 valence electrons. The largest absolute Gasteiger partial charge is 0.352 e. The van der Waals surface area contributed by atoms with Gasteiger partial charge in [-0.25, -0.2) is 4.39 Å². The average molecular weight is 377 g/mol. The van der Waals surface area contributed by atoms with Crippen LogP contribution in [0.1, 0.15) is 32.0 Å². The van der Waals surface area contributed by atoms with Crippen LogP contribution in [0, 0.1) is 5.82 Å². The fourth-order valence-corrected chi connectivity index (χ4v) is 2.66. The number of amides is 2. The number of nitrogens with one attached hydrogen (secondary N) is 2. The molecule has 0 aliphatic carbocycles. The summed E-state index contributed by atoms with van der Waals surface area (Å²) < 4.78 is 13.6. The Balaban J connectivity index is 1.49. The molecule has 0 radical (unpaired) electrons. The van der Waals surface area contributed by atoms with Crippen molar-refractivity contribution in [3.8, 4) is 0 Å². The predicted molar refractivity (Wildman–Crippen MR) is 104 cm³/mol. The normalized spacial score (nSPS) is 10.3. The Kier molecular flexibility index (Phi) is 6.46. The SMILES string of the molecule is O=C(NCCc1ccccc1F)c1ccc(C(=O)NCc2ccccn2)cc1. The molecule has 2 aromatic carbocycles. The molecule has 0 aliphatic rings. The highest BCUT2D eigenvalue weighted by molar-refractivity contribution is 5.97. The van der Waals surface area contributed by atoms with Gasteiger partial charge in [0, 0.05) is 23.9 Å². The maximum absolute atomic E-state index is 13.6. The van der Waals surface area contributed by atoms with E-state index in [-0.39, 0.29) is 17.6 Å². The molecule has 0 atom stereocenters. The van der Waals surface area contributed by atoms with Gasteiger partial charge in [0.05, 0.1) is 12.2 Å². The molecule has 0 aliphatic heterocycles.